The van der Waals surface area contributed by atoms with Crippen molar-refractivity contribution in [3.63, 3.8) is 0 Å². The molecule has 2 aromatic rings. The van der Waals surface area contributed by atoms with E-state index in [-0.39, 0.29) is 0 Å². The summed E-state index contributed by atoms with van der Waals surface area (Å²) in [6.07, 6.45) is 3.41. The Balaban J connectivity index is 1.89. The maximum absolute atomic E-state index is 5.65. The highest BCUT2D eigenvalue weighted by molar-refractivity contribution is 5.75. The number of nitrogens with one attached hydrogen (secondary N) is 1. The lowest BCUT2D eigenvalue weighted by Gasteiger charge is -2.21. The molecule has 3 rings (SSSR count). The van der Waals surface area contributed by atoms with Gasteiger partial charge in [0.1, 0.15) is 5.75 Å². The molecule has 0 saturated carbocycles. The summed E-state index contributed by atoms with van der Waals surface area (Å²) >= 11 is 0. The largest absolute Gasteiger partial charge is 0.494 e. The molecule has 104 valence electrons. The van der Waals surface area contributed by atoms with Crippen molar-refractivity contribution in [2.45, 2.75) is 26.2 Å². The maximum atomic E-state index is 5.65. The highest BCUT2D eigenvalue weighted by Gasteiger charge is 2.13. The fourth-order valence-corrected chi connectivity index (χ4v) is 2.73. The zero-order valence-corrected chi connectivity index (χ0v) is 12.0. The van der Waals surface area contributed by atoms with E-state index in [1.165, 1.54) is 28.8 Å². The van der Waals surface area contributed by atoms with E-state index in [1.54, 1.807) is 0 Å². The van der Waals surface area contributed by atoms with E-state index in [2.05, 4.69) is 54.7 Å². The first-order chi connectivity index (χ1) is 9.88. The van der Waals surface area contributed by atoms with E-state index < -0.39 is 0 Å². The van der Waals surface area contributed by atoms with Crippen LogP contribution in [-0.2, 0) is 6.42 Å². The molecule has 2 nitrogen and oxygen atoms in total. The van der Waals surface area contributed by atoms with E-state index in [4.69, 9.17) is 4.74 Å². The van der Waals surface area contributed by atoms with Crippen molar-refractivity contribution in [1.29, 1.82) is 0 Å². The Labute approximate surface area is 120 Å². The second-order valence-electron chi connectivity index (χ2n) is 5.23. The molecule has 0 saturated heterocycles. The Morgan fingerprint density at radius 1 is 1.10 bits per heavy atom. The summed E-state index contributed by atoms with van der Waals surface area (Å²) in [5.74, 6) is 0.957. The van der Waals surface area contributed by atoms with E-state index in [1.807, 2.05) is 0 Å². The van der Waals surface area contributed by atoms with Gasteiger partial charge < -0.3 is 10.1 Å². The van der Waals surface area contributed by atoms with E-state index in [0.29, 0.717) is 0 Å². The van der Waals surface area contributed by atoms with Crippen molar-refractivity contribution in [2.75, 3.05) is 18.5 Å². The van der Waals surface area contributed by atoms with Crippen molar-refractivity contribution >= 4 is 5.69 Å². The van der Waals surface area contributed by atoms with Gasteiger partial charge in [-0.1, -0.05) is 31.2 Å². The number of anilines is 1. The molecule has 2 heteroatoms. The topological polar surface area (TPSA) is 21.3 Å². The van der Waals surface area contributed by atoms with Gasteiger partial charge in [0.05, 0.1) is 6.61 Å². The SMILES string of the molecule is CCCOc1ccc(-c2cccc3c2CCCN3)cc1. The minimum Gasteiger partial charge on any atom is -0.494 e. The summed E-state index contributed by atoms with van der Waals surface area (Å²) in [5.41, 5.74) is 5.35. The molecule has 0 aliphatic carbocycles. The van der Waals surface area contributed by atoms with Crippen LogP contribution in [0.3, 0.4) is 0 Å². The molecule has 1 aliphatic heterocycles. The van der Waals surface area contributed by atoms with Crippen LogP contribution in [0.4, 0.5) is 5.69 Å². The molecule has 20 heavy (non-hydrogen) atoms. The van der Waals surface area contributed by atoms with Crippen LogP contribution in [-0.4, -0.2) is 13.2 Å². The Kier molecular flexibility index (Phi) is 3.91. The Bertz CT molecular complexity index is 574. The molecular weight excluding hydrogens is 246 g/mol. The number of benzene rings is 2. The third-order valence-electron chi connectivity index (χ3n) is 3.73. The minimum absolute atomic E-state index is 0.782. The molecule has 1 heterocycles. The Morgan fingerprint density at radius 2 is 1.95 bits per heavy atom. The molecule has 0 bridgehead atoms. The molecule has 0 atom stereocenters. The third kappa shape index (κ3) is 2.64. The lowest BCUT2D eigenvalue weighted by molar-refractivity contribution is 0.317. The van der Waals surface area contributed by atoms with Crippen molar-refractivity contribution < 1.29 is 4.74 Å². The van der Waals surface area contributed by atoms with Gasteiger partial charge in [-0.2, -0.15) is 0 Å². The standard InChI is InChI=1S/C18H21NO/c1-2-13-20-15-10-8-14(9-11-15)16-5-3-7-18-17(16)6-4-12-19-18/h3,5,7-11,19H,2,4,6,12-13H2,1H3. The zero-order chi connectivity index (χ0) is 13.8. The van der Waals surface area contributed by atoms with Crippen LogP contribution < -0.4 is 10.1 Å². The highest BCUT2D eigenvalue weighted by Crippen LogP contribution is 2.33. The summed E-state index contributed by atoms with van der Waals surface area (Å²) in [7, 11) is 0. The molecule has 0 spiro atoms. The second-order valence-corrected chi connectivity index (χ2v) is 5.23. The van der Waals surface area contributed by atoms with Gasteiger partial charge in [-0.05, 0) is 54.2 Å². The summed E-state index contributed by atoms with van der Waals surface area (Å²) in [4.78, 5) is 0. The van der Waals surface area contributed by atoms with Crippen LogP contribution in [0.25, 0.3) is 11.1 Å². The van der Waals surface area contributed by atoms with E-state index in [0.717, 1.165) is 31.7 Å². The van der Waals surface area contributed by atoms with Gasteiger partial charge in [-0.3, -0.25) is 0 Å². The molecule has 0 unspecified atom stereocenters. The lowest BCUT2D eigenvalue weighted by Crippen LogP contribution is -2.12. The minimum atomic E-state index is 0.782. The average Bonchev–Trinajstić information content (AvgIpc) is 2.53. The van der Waals surface area contributed by atoms with Crippen molar-refractivity contribution in [3.8, 4) is 16.9 Å². The number of hydrogen-bond donors (Lipinski definition) is 1. The van der Waals surface area contributed by atoms with Crippen LogP contribution in [0.15, 0.2) is 42.5 Å². The first-order valence-corrected chi connectivity index (χ1v) is 7.47. The predicted octanol–water partition coefficient (Wildman–Crippen LogP) is 4.50. The summed E-state index contributed by atoms with van der Waals surface area (Å²) in [6.45, 7) is 3.99. The van der Waals surface area contributed by atoms with Crippen LogP contribution in [0.5, 0.6) is 5.75 Å². The first-order valence-electron chi connectivity index (χ1n) is 7.47. The molecule has 1 N–H and O–H groups in total. The number of rotatable bonds is 4. The Hall–Kier alpha value is -1.96. The lowest BCUT2D eigenvalue weighted by atomic mass is 9.93. The highest BCUT2D eigenvalue weighted by atomic mass is 16.5. The average molecular weight is 267 g/mol. The smallest absolute Gasteiger partial charge is 0.119 e. The van der Waals surface area contributed by atoms with Gasteiger partial charge in [-0.15, -0.1) is 0 Å². The summed E-state index contributed by atoms with van der Waals surface area (Å²) in [5, 5.41) is 3.49. The van der Waals surface area contributed by atoms with E-state index in [9.17, 15) is 0 Å². The number of hydrogen-bond acceptors (Lipinski definition) is 2. The first kappa shape index (κ1) is 13.0. The quantitative estimate of drug-likeness (QED) is 0.880. The summed E-state index contributed by atoms with van der Waals surface area (Å²) < 4.78 is 5.65. The third-order valence-corrected chi connectivity index (χ3v) is 3.73. The number of ether oxygens (including phenoxy) is 1. The monoisotopic (exact) mass is 267 g/mol. The molecule has 0 aromatic heterocycles. The maximum Gasteiger partial charge on any atom is 0.119 e. The van der Waals surface area contributed by atoms with Crippen LogP contribution in [0.1, 0.15) is 25.3 Å². The fourth-order valence-electron chi connectivity index (χ4n) is 2.73. The Morgan fingerprint density at radius 3 is 2.75 bits per heavy atom. The van der Waals surface area contributed by atoms with Gasteiger partial charge in [0.15, 0.2) is 0 Å². The van der Waals surface area contributed by atoms with Gasteiger partial charge in [-0.25, -0.2) is 0 Å². The summed E-state index contributed by atoms with van der Waals surface area (Å²) in [6, 6.07) is 15.0. The van der Waals surface area contributed by atoms with Gasteiger partial charge in [0, 0.05) is 12.2 Å². The van der Waals surface area contributed by atoms with E-state index >= 15 is 0 Å². The molecule has 2 aromatic carbocycles. The molecule has 0 radical (unpaired) electrons. The zero-order valence-electron chi connectivity index (χ0n) is 12.0. The van der Waals surface area contributed by atoms with Crippen LogP contribution in [0.2, 0.25) is 0 Å². The van der Waals surface area contributed by atoms with Crippen molar-refractivity contribution in [1.82, 2.24) is 0 Å². The molecule has 0 amide bonds. The van der Waals surface area contributed by atoms with Gasteiger partial charge >= 0.3 is 0 Å². The predicted molar refractivity (Wildman–Crippen MR) is 84.5 cm³/mol. The molecule has 0 fully saturated rings. The van der Waals surface area contributed by atoms with Crippen LogP contribution >= 0.6 is 0 Å². The van der Waals surface area contributed by atoms with Crippen molar-refractivity contribution in [2.24, 2.45) is 0 Å². The van der Waals surface area contributed by atoms with Gasteiger partial charge in [0.25, 0.3) is 0 Å². The van der Waals surface area contributed by atoms with Crippen molar-refractivity contribution in [3.05, 3.63) is 48.0 Å². The molecule has 1 aliphatic rings. The fraction of sp³-hybridized carbons (Fsp3) is 0.333. The second kappa shape index (κ2) is 6.00. The number of fused-ring (bicyclic) bond motifs is 1. The normalized spacial score (nSPS) is 13.4. The molecular formula is C18H21NO. The van der Waals surface area contributed by atoms with Crippen LogP contribution in [0, 0.1) is 0 Å². The van der Waals surface area contributed by atoms with Gasteiger partial charge in [0.2, 0.25) is 0 Å².